The van der Waals surface area contributed by atoms with Crippen molar-refractivity contribution < 1.29 is 19.0 Å². The van der Waals surface area contributed by atoms with Crippen LogP contribution in [0.3, 0.4) is 0 Å². The van der Waals surface area contributed by atoms with Gasteiger partial charge in [0.1, 0.15) is 29.7 Å². The van der Waals surface area contributed by atoms with Gasteiger partial charge in [0.05, 0.1) is 19.2 Å². The van der Waals surface area contributed by atoms with Gasteiger partial charge in [0.15, 0.2) is 0 Å². The summed E-state index contributed by atoms with van der Waals surface area (Å²) in [4.78, 5) is 27.0. The molecule has 1 saturated heterocycles. The van der Waals surface area contributed by atoms with Crippen LogP contribution in [0, 0.1) is 13.8 Å². The highest BCUT2D eigenvalue weighted by molar-refractivity contribution is 5.88. The number of cyclic esters (lactones) is 1. The fourth-order valence-corrected chi connectivity index (χ4v) is 3.75. The summed E-state index contributed by atoms with van der Waals surface area (Å²) >= 11 is 0. The molecule has 178 valence electrons. The van der Waals surface area contributed by atoms with Gasteiger partial charge in [-0.1, -0.05) is 19.1 Å². The Morgan fingerprint density at radius 1 is 1.12 bits per heavy atom. The predicted octanol–water partition coefficient (Wildman–Crippen LogP) is 5.20. The van der Waals surface area contributed by atoms with Crippen LogP contribution in [0.25, 0.3) is 0 Å². The predicted molar refractivity (Wildman–Crippen MR) is 129 cm³/mol. The highest BCUT2D eigenvalue weighted by Crippen LogP contribution is 2.30. The summed E-state index contributed by atoms with van der Waals surface area (Å²) in [5.74, 6) is 3.52. The molecule has 3 aromatic rings. The standard InChI is InChI=1S/C25H29N5O4/c1-6-19-14-33-25(31)30(19)24-28-17(4)27-23(29-24)26-16(3)18-7-12-22(15(2)13-18)34-21-10-8-20(32-5)9-11-21/h7-13,16,19H,6,14H2,1-5H3,(H,26,27,28,29)/t16-,19-/m0/s1. The van der Waals surface area contributed by atoms with Gasteiger partial charge in [-0.3, -0.25) is 0 Å². The smallest absolute Gasteiger partial charge is 0.417 e. The molecule has 0 bridgehead atoms. The monoisotopic (exact) mass is 463 g/mol. The summed E-state index contributed by atoms with van der Waals surface area (Å²) in [6, 6.07) is 13.3. The Hall–Kier alpha value is -3.88. The molecule has 9 heteroatoms. The topological polar surface area (TPSA) is 98.7 Å². The molecule has 1 N–H and O–H groups in total. The number of aromatic nitrogens is 3. The number of nitrogens with one attached hydrogen (secondary N) is 1. The van der Waals surface area contributed by atoms with Gasteiger partial charge >= 0.3 is 6.09 Å². The first-order chi connectivity index (χ1) is 16.4. The number of aryl methyl sites for hydroxylation is 2. The molecule has 0 aliphatic carbocycles. The second kappa shape index (κ2) is 9.94. The number of benzene rings is 2. The third kappa shape index (κ3) is 5.03. The Morgan fingerprint density at radius 2 is 1.85 bits per heavy atom. The highest BCUT2D eigenvalue weighted by Gasteiger charge is 2.35. The minimum atomic E-state index is -0.431. The van der Waals surface area contributed by atoms with Crippen molar-refractivity contribution in [2.24, 2.45) is 0 Å². The number of rotatable bonds is 8. The van der Waals surface area contributed by atoms with Crippen LogP contribution in [0.5, 0.6) is 17.2 Å². The maximum absolute atomic E-state index is 12.2. The summed E-state index contributed by atoms with van der Waals surface area (Å²) in [7, 11) is 1.63. The van der Waals surface area contributed by atoms with E-state index in [0.717, 1.165) is 34.8 Å². The zero-order valence-corrected chi connectivity index (χ0v) is 20.0. The summed E-state index contributed by atoms with van der Waals surface area (Å²) in [6.45, 7) is 8.14. The van der Waals surface area contributed by atoms with Crippen molar-refractivity contribution in [3.8, 4) is 17.2 Å². The summed E-state index contributed by atoms with van der Waals surface area (Å²) in [5, 5.41) is 3.32. The Morgan fingerprint density at radius 3 is 2.53 bits per heavy atom. The molecule has 0 radical (unpaired) electrons. The highest BCUT2D eigenvalue weighted by atomic mass is 16.6. The largest absolute Gasteiger partial charge is 0.497 e. The van der Waals surface area contributed by atoms with Gasteiger partial charge in [-0.15, -0.1) is 0 Å². The number of carbonyl (C=O) groups excluding carboxylic acids is 1. The molecule has 34 heavy (non-hydrogen) atoms. The van der Waals surface area contributed by atoms with Gasteiger partial charge < -0.3 is 19.5 Å². The Kier molecular flexibility index (Phi) is 6.81. The van der Waals surface area contributed by atoms with Crippen LogP contribution in [0.1, 0.15) is 43.3 Å². The van der Waals surface area contributed by atoms with E-state index in [-0.39, 0.29) is 12.1 Å². The molecule has 0 saturated carbocycles. The van der Waals surface area contributed by atoms with E-state index in [1.54, 1.807) is 14.0 Å². The maximum Gasteiger partial charge on any atom is 0.417 e. The lowest BCUT2D eigenvalue weighted by Crippen LogP contribution is -2.34. The number of anilines is 2. The average Bonchev–Trinajstić information content (AvgIpc) is 3.21. The van der Waals surface area contributed by atoms with E-state index in [2.05, 4.69) is 26.3 Å². The number of methoxy groups -OCH3 is 1. The van der Waals surface area contributed by atoms with E-state index in [1.165, 1.54) is 4.90 Å². The summed E-state index contributed by atoms with van der Waals surface area (Å²) in [5.41, 5.74) is 2.05. The summed E-state index contributed by atoms with van der Waals surface area (Å²) < 4.78 is 16.4. The second-order valence-electron chi connectivity index (χ2n) is 8.18. The Bertz CT molecular complexity index is 1170. The first-order valence-corrected chi connectivity index (χ1v) is 11.3. The van der Waals surface area contributed by atoms with Crippen molar-refractivity contribution in [1.29, 1.82) is 0 Å². The molecular weight excluding hydrogens is 434 g/mol. The van der Waals surface area contributed by atoms with Crippen molar-refractivity contribution in [1.82, 2.24) is 15.0 Å². The average molecular weight is 464 g/mol. The molecule has 2 heterocycles. The van der Waals surface area contributed by atoms with Crippen molar-refractivity contribution in [2.75, 3.05) is 23.9 Å². The van der Waals surface area contributed by atoms with E-state index in [9.17, 15) is 4.79 Å². The first kappa shape index (κ1) is 23.3. The van der Waals surface area contributed by atoms with Crippen LogP contribution in [-0.2, 0) is 4.74 Å². The lowest BCUT2D eigenvalue weighted by atomic mass is 10.1. The molecule has 1 aliphatic heterocycles. The molecule has 4 rings (SSSR count). The Labute approximate surface area is 199 Å². The number of ether oxygens (including phenoxy) is 3. The quantitative estimate of drug-likeness (QED) is 0.487. The fraction of sp³-hybridized carbons (Fsp3) is 0.360. The van der Waals surface area contributed by atoms with Gasteiger partial charge in [0, 0.05) is 0 Å². The van der Waals surface area contributed by atoms with E-state index in [0.29, 0.717) is 24.3 Å². The third-order valence-electron chi connectivity index (χ3n) is 5.72. The lowest BCUT2D eigenvalue weighted by Gasteiger charge is -2.20. The maximum atomic E-state index is 12.2. The molecule has 1 aromatic heterocycles. The van der Waals surface area contributed by atoms with Crippen molar-refractivity contribution >= 4 is 18.0 Å². The van der Waals surface area contributed by atoms with Gasteiger partial charge in [0.25, 0.3) is 0 Å². The molecule has 0 spiro atoms. The molecular formula is C25H29N5O4. The van der Waals surface area contributed by atoms with Crippen LogP contribution in [0.4, 0.5) is 16.7 Å². The molecule has 9 nitrogen and oxygen atoms in total. The molecule has 1 fully saturated rings. The van der Waals surface area contributed by atoms with E-state index < -0.39 is 6.09 Å². The van der Waals surface area contributed by atoms with E-state index in [1.807, 2.05) is 57.2 Å². The number of carbonyl (C=O) groups is 1. The zero-order chi connectivity index (χ0) is 24.2. The minimum absolute atomic E-state index is 0.0829. The molecule has 1 amide bonds. The van der Waals surface area contributed by atoms with E-state index in [4.69, 9.17) is 14.2 Å². The SMILES string of the molecule is CC[C@H]1COC(=O)N1c1nc(C)nc(N[C@@H](C)c2ccc(Oc3ccc(OC)cc3)c(C)c2)n1. The van der Waals surface area contributed by atoms with Crippen LogP contribution in [0.15, 0.2) is 42.5 Å². The van der Waals surface area contributed by atoms with Crippen molar-refractivity contribution in [3.63, 3.8) is 0 Å². The number of nitrogens with zero attached hydrogens (tertiary/aromatic N) is 4. The van der Waals surface area contributed by atoms with Gasteiger partial charge in [0.2, 0.25) is 11.9 Å². The summed E-state index contributed by atoms with van der Waals surface area (Å²) in [6.07, 6.45) is 0.319. The van der Waals surface area contributed by atoms with Crippen molar-refractivity contribution in [2.45, 2.75) is 46.2 Å². The normalized spacial score (nSPS) is 16.2. The fourth-order valence-electron chi connectivity index (χ4n) is 3.75. The molecule has 0 unspecified atom stereocenters. The van der Waals surface area contributed by atoms with Gasteiger partial charge in [-0.25, -0.2) is 9.69 Å². The van der Waals surface area contributed by atoms with Gasteiger partial charge in [-0.05, 0) is 68.7 Å². The van der Waals surface area contributed by atoms with Crippen molar-refractivity contribution in [3.05, 3.63) is 59.4 Å². The van der Waals surface area contributed by atoms with Crippen LogP contribution in [0.2, 0.25) is 0 Å². The van der Waals surface area contributed by atoms with Gasteiger partial charge in [-0.2, -0.15) is 15.0 Å². The number of amides is 1. The van der Waals surface area contributed by atoms with Crippen LogP contribution in [-0.4, -0.2) is 40.8 Å². The van der Waals surface area contributed by atoms with Crippen LogP contribution < -0.4 is 19.7 Å². The molecule has 1 aliphatic rings. The number of hydrogen-bond donors (Lipinski definition) is 1. The zero-order valence-electron chi connectivity index (χ0n) is 20.0. The molecule has 2 aromatic carbocycles. The minimum Gasteiger partial charge on any atom is -0.497 e. The first-order valence-electron chi connectivity index (χ1n) is 11.3. The lowest BCUT2D eigenvalue weighted by molar-refractivity contribution is 0.178. The van der Waals surface area contributed by atoms with Crippen LogP contribution >= 0.6 is 0 Å². The third-order valence-corrected chi connectivity index (χ3v) is 5.72. The van der Waals surface area contributed by atoms with E-state index >= 15 is 0 Å². The second-order valence-corrected chi connectivity index (χ2v) is 8.18. The number of hydrogen-bond acceptors (Lipinski definition) is 8. The Balaban J connectivity index is 1.49. The molecule has 2 atom stereocenters.